The smallest absolute Gasteiger partial charge is 0.343 e. The Morgan fingerprint density at radius 1 is 1.21 bits per heavy atom. The van der Waals surface area contributed by atoms with Crippen molar-refractivity contribution in [3.05, 3.63) is 57.8 Å². The maximum Gasteiger partial charge on any atom is 0.343 e. The number of nitrogens with one attached hydrogen (secondary N) is 1. The maximum atomic E-state index is 13.3. The summed E-state index contributed by atoms with van der Waals surface area (Å²) < 4.78 is 29.4. The summed E-state index contributed by atoms with van der Waals surface area (Å²) in [5.41, 5.74) is 0.562. The molecule has 8 nitrogen and oxygen atoms in total. The molecule has 1 N–H and O–H groups in total. The molecule has 0 aromatic heterocycles. The number of anilines is 1. The predicted octanol–water partition coefficient (Wildman–Crippen LogP) is 3.37. The number of halogens is 2. The quantitative estimate of drug-likeness (QED) is 0.251. The monoisotopic (exact) mass is 536 g/mol. The third-order valence-corrected chi connectivity index (χ3v) is 5.26. The van der Waals surface area contributed by atoms with Gasteiger partial charge in [-0.05, 0) is 83.1 Å². The van der Waals surface area contributed by atoms with E-state index in [2.05, 4.69) is 26.0 Å². The number of rotatable bonds is 7. The molecule has 0 unspecified atom stereocenters. The van der Waals surface area contributed by atoms with Gasteiger partial charge in [-0.15, -0.1) is 0 Å². The van der Waals surface area contributed by atoms with Gasteiger partial charge in [-0.3, -0.25) is 19.8 Å². The summed E-state index contributed by atoms with van der Waals surface area (Å²) in [4.78, 5) is 38.2. The zero-order valence-electron chi connectivity index (χ0n) is 17.5. The number of carbonyl (C=O) groups excluding carboxylic acids is 3. The van der Waals surface area contributed by atoms with Gasteiger partial charge in [0.05, 0.1) is 23.9 Å². The fraction of sp³-hybridized carbons (Fsp3) is 0.182. The SMILES string of the molecule is CCOc1cc(/C=C2/C(=O)NC(=S)N(c3ccc(F)cc3)C2=O)cc(Br)c1OCC(=O)OC. The van der Waals surface area contributed by atoms with Crippen LogP contribution in [-0.2, 0) is 19.1 Å². The Morgan fingerprint density at radius 3 is 2.55 bits per heavy atom. The first kappa shape index (κ1) is 24.3. The average Bonchev–Trinajstić information content (AvgIpc) is 2.77. The molecule has 0 aliphatic carbocycles. The van der Waals surface area contributed by atoms with Crippen molar-refractivity contribution in [3.63, 3.8) is 0 Å². The Balaban J connectivity index is 1.98. The van der Waals surface area contributed by atoms with Crippen molar-refractivity contribution in [3.8, 4) is 11.5 Å². The van der Waals surface area contributed by atoms with Crippen LogP contribution in [0.1, 0.15) is 12.5 Å². The second-order valence-electron chi connectivity index (χ2n) is 6.56. The number of amides is 2. The number of nitrogens with zero attached hydrogens (tertiary/aromatic N) is 1. The van der Waals surface area contributed by atoms with Gasteiger partial charge in [0, 0.05) is 0 Å². The van der Waals surface area contributed by atoms with E-state index in [1.165, 1.54) is 37.5 Å². The van der Waals surface area contributed by atoms with Crippen LogP contribution in [0.25, 0.3) is 6.08 Å². The normalized spacial score (nSPS) is 14.8. The fourth-order valence-electron chi connectivity index (χ4n) is 2.91. The minimum atomic E-state index is -0.677. The highest BCUT2D eigenvalue weighted by atomic mass is 79.9. The number of hydrogen-bond donors (Lipinski definition) is 1. The highest BCUT2D eigenvalue weighted by molar-refractivity contribution is 9.10. The standard InChI is InChI=1S/C22H18BrFN2O6S/c1-3-31-17-10-12(9-16(23)19(17)32-11-18(27)30-2)8-15-20(28)25-22(33)26(21(15)29)14-6-4-13(24)5-7-14/h4-10H,3,11H2,1-2H3,(H,25,28,33)/b15-8-. The van der Waals surface area contributed by atoms with Crippen molar-refractivity contribution in [1.82, 2.24) is 5.32 Å². The predicted molar refractivity (Wildman–Crippen MR) is 125 cm³/mol. The first-order valence-electron chi connectivity index (χ1n) is 9.58. The lowest BCUT2D eigenvalue weighted by Crippen LogP contribution is -2.54. The van der Waals surface area contributed by atoms with Crippen molar-refractivity contribution >= 4 is 62.8 Å². The lowest BCUT2D eigenvalue weighted by atomic mass is 10.1. The maximum absolute atomic E-state index is 13.3. The van der Waals surface area contributed by atoms with E-state index in [0.717, 1.165) is 4.90 Å². The molecule has 3 rings (SSSR count). The number of ether oxygens (including phenoxy) is 3. The number of benzene rings is 2. The molecular formula is C22H18BrFN2O6S. The van der Waals surface area contributed by atoms with E-state index >= 15 is 0 Å². The number of methoxy groups -OCH3 is 1. The first-order valence-corrected chi connectivity index (χ1v) is 10.8. The lowest BCUT2D eigenvalue weighted by molar-refractivity contribution is -0.143. The van der Waals surface area contributed by atoms with Crippen LogP contribution in [0.15, 0.2) is 46.4 Å². The van der Waals surface area contributed by atoms with Crippen molar-refractivity contribution in [2.75, 3.05) is 25.2 Å². The molecule has 2 aromatic rings. The largest absolute Gasteiger partial charge is 0.490 e. The van der Waals surface area contributed by atoms with E-state index in [1.807, 2.05) is 0 Å². The third kappa shape index (κ3) is 5.55. The summed E-state index contributed by atoms with van der Waals surface area (Å²) in [6.45, 7) is 1.73. The molecule has 11 heteroatoms. The highest BCUT2D eigenvalue weighted by Crippen LogP contribution is 2.38. The number of carbonyl (C=O) groups is 3. The second-order valence-corrected chi connectivity index (χ2v) is 7.80. The van der Waals surface area contributed by atoms with E-state index in [0.29, 0.717) is 22.3 Å². The van der Waals surface area contributed by atoms with Gasteiger partial charge in [-0.25, -0.2) is 9.18 Å². The van der Waals surface area contributed by atoms with Crippen LogP contribution < -0.4 is 19.7 Å². The van der Waals surface area contributed by atoms with Gasteiger partial charge in [0.1, 0.15) is 11.4 Å². The van der Waals surface area contributed by atoms with Gasteiger partial charge in [0.15, 0.2) is 23.2 Å². The summed E-state index contributed by atoms with van der Waals surface area (Å²) in [6.07, 6.45) is 1.37. The van der Waals surface area contributed by atoms with Crippen LogP contribution in [0.5, 0.6) is 11.5 Å². The molecule has 0 radical (unpaired) electrons. The molecule has 33 heavy (non-hydrogen) atoms. The Kier molecular flexibility index (Phi) is 7.77. The minimum Gasteiger partial charge on any atom is -0.490 e. The molecule has 1 saturated heterocycles. The lowest BCUT2D eigenvalue weighted by Gasteiger charge is -2.29. The molecule has 0 atom stereocenters. The first-order chi connectivity index (χ1) is 15.7. The van der Waals surface area contributed by atoms with Crippen LogP contribution in [0.4, 0.5) is 10.1 Å². The second kappa shape index (κ2) is 10.5. The summed E-state index contributed by atoms with van der Waals surface area (Å²) in [5.74, 6) is -1.84. The third-order valence-electron chi connectivity index (χ3n) is 4.39. The fourth-order valence-corrected chi connectivity index (χ4v) is 3.77. The van der Waals surface area contributed by atoms with Gasteiger partial charge in [0.25, 0.3) is 11.8 Å². The molecule has 1 aliphatic rings. The van der Waals surface area contributed by atoms with E-state index in [9.17, 15) is 18.8 Å². The molecule has 1 heterocycles. The zero-order valence-corrected chi connectivity index (χ0v) is 19.9. The van der Waals surface area contributed by atoms with Gasteiger partial charge in [0.2, 0.25) is 0 Å². The number of esters is 1. The Labute approximate surface area is 202 Å². The molecule has 0 bridgehead atoms. The summed E-state index contributed by atoms with van der Waals surface area (Å²) >= 11 is 8.50. The van der Waals surface area contributed by atoms with Crippen molar-refractivity contribution in [2.45, 2.75) is 6.92 Å². The van der Waals surface area contributed by atoms with Crippen LogP contribution in [-0.4, -0.2) is 43.2 Å². The Morgan fingerprint density at radius 2 is 1.91 bits per heavy atom. The summed E-state index contributed by atoms with van der Waals surface area (Å²) in [7, 11) is 1.24. The van der Waals surface area contributed by atoms with Crippen molar-refractivity contribution in [2.24, 2.45) is 0 Å². The number of thiocarbonyl (C=S) groups is 1. The molecule has 2 aromatic carbocycles. The summed E-state index contributed by atoms with van der Waals surface area (Å²) in [6, 6.07) is 8.28. The molecule has 172 valence electrons. The molecule has 0 spiro atoms. The van der Waals surface area contributed by atoms with Gasteiger partial charge < -0.3 is 14.2 Å². The topological polar surface area (TPSA) is 94.2 Å². The zero-order chi connectivity index (χ0) is 24.1. The van der Waals surface area contributed by atoms with Crippen LogP contribution in [0, 0.1) is 5.82 Å². The van der Waals surface area contributed by atoms with Crippen LogP contribution >= 0.6 is 28.1 Å². The van der Waals surface area contributed by atoms with E-state index in [4.69, 9.17) is 21.7 Å². The molecule has 1 fully saturated rings. The molecule has 0 saturated carbocycles. The van der Waals surface area contributed by atoms with Crippen LogP contribution in [0.2, 0.25) is 0 Å². The molecule has 1 aliphatic heterocycles. The Hall–Kier alpha value is -3.31. The van der Waals surface area contributed by atoms with Gasteiger partial charge >= 0.3 is 5.97 Å². The van der Waals surface area contributed by atoms with Crippen LogP contribution in [0.3, 0.4) is 0 Å². The van der Waals surface area contributed by atoms with E-state index in [-0.39, 0.29) is 28.8 Å². The van der Waals surface area contributed by atoms with Gasteiger partial charge in [-0.1, -0.05) is 0 Å². The average molecular weight is 537 g/mol. The van der Waals surface area contributed by atoms with Gasteiger partial charge in [-0.2, -0.15) is 0 Å². The van der Waals surface area contributed by atoms with Crippen molar-refractivity contribution in [1.29, 1.82) is 0 Å². The van der Waals surface area contributed by atoms with E-state index < -0.39 is 23.6 Å². The molecule has 2 amide bonds. The number of hydrogen-bond acceptors (Lipinski definition) is 7. The highest BCUT2D eigenvalue weighted by Gasteiger charge is 2.34. The minimum absolute atomic E-state index is 0.114. The molecular weight excluding hydrogens is 519 g/mol. The van der Waals surface area contributed by atoms with E-state index in [1.54, 1.807) is 19.1 Å². The summed E-state index contributed by atoms with van der Waals surface area (Å²) in [5, 5.41) is 2.35. The Bertz CT molecular complexity index is 1150. The van der Waals surface area contributed by atoms with Crippen molar-refractivity contribution < 1.29 is 33.0 Å².